The summed E-state index contributed by atoms with van der Waals surface area (Å²) < 4.78 is 0. The van der Waals surface area contributed by atoms with Crippen LogP contribution in [0.15, 0.2) is 23.3 Å². The van der Waals surface area contributed by atoms with Crippen molar-refractivity contribution in [2.75, 3.05) is 0 Å². The Morgan fingerprint density at radius 3 is 2.94 bits per heavy atom. The van der Waals surface area contributed by atoms with Crippen LogP contribution in [0.25, 0.3) is 10.9 Å². The second kappa shape index (κ2) is 4.91. The zero-order chi connectivity index (χ0) is 12.3. The Hall–Kier alpha value is -1.97. The first-order chi connectivity index (χ1) is 8.26. The molecule has 4 nitrogen and oxygen atoms in total. The molecule has 0 atom stereocenters. The molecule has 0 aliphatic rings. The van der Waals surface area contributed by atoms with E-state index >= 15 is 0 Å². The monoisotopic (exact) mass is 230 g/mol. The molecule has 17 heavy (non-hydrogen) atoms. The van der Waals surface area contributed by atoms with Crippen molar-refractivity contribution in [2.45, 2.75) is 26.2 Å². The highest BCUT2D eigenvalue weighted by atomic mass is 16.1. The molecule has 0 fully saturated rings. The van der Waals surface area contributed by atoms with Crippen molar-refractivity contribution >= 4 is 17.2 Å². The molecule has 0 saturated heterocycles. The van der Waals surface area contributed by atoms with Gasteiger partial charge in [0.1, 0.15) is 0 Å². The Kier molecular flexibility index (Phi) is 3.32. The fourth-order valence-corrected chi connectivity index (χ4v) is 1.92. The highest BCUT2D eigenvalue weighted by Gasteiger charge is 2.07. The lowest BCUT2D eigenvalue weighted by Gasteiger charge is -2.06. The maximum atomic E-state index is 11.5. The lowest BCUT2D eigenvalue weighted by molar-refractivity contribution is 0.112. The quantitative estimate of drug-likeness (QED) is 0.818. The lowest BCUT2D eigenvalue weighted by Crippen LogP contribution is -2.08. The number of carbonyl (C=O) groups is 1. The molecule has 2 aromatic heterocycles. The number of hydrogen-bond donors (Lipinski definition) is 1. The summed E-state index contributed by atoms with van der Waals surface area (Å²) in [5, 5.41) is 0.864. The molecule has 1 N–H and O–H groups in total. The van der Waals surface area contributed by atoms with Gasteiger partial charge in [-0.15, -0.1) is 0 Å². The van der Waals surface area contributed by atoms with Gasteiger partial charge >= 0.3 is 0 Å². The van der Waals surface area contributed by atoms with Gasteiger partial charge in [0, 0.05) is 23.8 Å². The zero-order valence-corrected chi connectivity index (χ0v) is 9.69. The largest absolute Gasteiger partial charge is 0.321 e. The predicted octanol–water partition coefficient (Wildman–Crippen LogP) is 2.08. The molecule has 0 aliphatic carbocycles. The molecule has 4 heteroatoms. The van der Waals surface area contributed by atoms with E-state index in [1.807, 2.05) is 0 Å². The maximum absolute atomic E-state index is 11.5. The summed E-state index contributed by atoms with van der Waals surface area (Å²) in [6.45, 7) is 2.10. The summed E-state index contributed by atoms with van der Waals surface area (Å²) in [6, 6.07) is 1.59. The number of nitrogens with zero attached hydrogens (tertiary/aromatic N) is 1. The number of hydrogen-bond acceptors (Lipinski definition) is 3. The molecule has 0 aromatic carbocycles. The number of H-pyrrole nitrogens is 1. The van der Waals surface area contributed by atoms with E-state index in [1.165, 1.54) is 6.20 Å². The van der Waals surface area contributed by atoms with Crippen LogP contribution in [-0.4, -0.2) is 16.3 Å². The number of fused-ring (bicyclic) bond motifs is 1. The van der Waals surface area contributed by atoms with Gasteiger partial charge in [-0.1, -0.05) is 13.3 Å². The molecule has 0 saturated carbocycles. The summed E-state index contributed by atoms with van der Waals surface area (Å²) in [5.74, 6) is 0. The maximum Gasteiger partial charge on any atom is 0.248 e. The molecule has 88 valence electrons. The number of rotatable bonds is 4. The number of pyridine rings is 2. The van der Waals surface area contributed by atoms with Crippen molar-refractivity contribution in [3.05, 3.63) is 39.9 Å². The van der Waals surface area contributed by atoms with Gasteiger partial charge in [-0.2, -0.15) is 0 Å². The first-order valence-electron chi connectivity index (χ1n) is 5.71. The molecular weight excluding hydrogens is 216 g/mol. The first kappa shape index (κ1) is 11.5. The third-order valence-corrected chi connectivity index (χ3v) is 2.80. The van der Waals surface area contributed by atoms with E-state index in [4.69, 9.17) is 0 Å². The number of aryl methyl sites for hydroxylation is 1. The number of unbranched alkanes of at least 4 members (excludes halogenated alkanes) is 1. The van der Waals surface area contributed by atoms with Crippen molar-refractivity contribution < 1.29 is 4.79 Å². The normalized spacial score (nSPS) is 10.6. The predicted molar refractivity (Wildman–Crippen MR) is 66.4 cm³/mol. The van der Waals surface area contributed by atoms with Crippen LogP contribution < -0.4 is 5.56 Å². The second-order valence-corrected chi connectivity index (χ2v) is 4.03. The average Bonchev–Trinajstić information content (AvgIpc) is 2.35. The Morgan fingerprint density at radius 2 is 2.24 bits per heavy atom. The minimum Gasteiger partial charge on any atom is -0.321 e. The average molecular weight is 230 g/mol. The topological polar surface area (TPSA) is 62.8 Å². The summed E-state index contributed by atoms with van der Waals surface area (Å²) >= 11 is 0. The Bertz CT molecular complexity index is 602. The van der Waals surface area contributed by atoms with Gasteiger partial charge in [-0.05, 0) is 18.4 Å². The third-order valence-electron chi connectivity index (χ3n) is 2.80. The highest BCUT2D eigenvalue weighted by Crippen LogP contribution is 2.18. The second-order valence-electron chi connectivity index (χ2n) is 4.03. The minimum absolute atomic E-state index is 0.169. The smallest absolute Gasteiger partial charge is 0.248 e. The molecule has 0 radical (unpaired) electrons. The van der Waals surface area contributed by atoms with Crippen molar-refractivity contribution in [1.82, 2.24) is 9.97 Å². The van der Waals surface area contributed by atoms with Gasteiger partial charge in [0.25, 0.3) is 0 Å². The standard InChI is InChI=1S/C13H14N2O2/c1-2-3-4-9-5-12(17)15-13-10(8-16)6-14-7-11(9)13/h5-8H,2-4H2,1H3,(H,15,17). The van der Waals surface area contributed by atoms with Crippen LogP contribution in [-0.2, 0) is 6.42 Å². The number of nitrogens with one attached hydrogen (secondary N) is 1. The fraction of sp³-hybridized carbons (Fsp3) is 0.308. The number of aromatic amines is 1. The van der Waals surface area contributed by atoms with Gasteiger partial charge in [0.05, 0.1) is 11.1 Å². The Morgan fingerprint density at radius 1 is 1.41 bits per heavy atom. The van der Waals surface area contributed by atoms with Crippen LogP contribution in [0.3, 0.4) is 0 Å². The third kappa shape index (κ3) is 2.25. The zero-order valence-electron chi connectivity index (χ0n) is 9.69. The summed E-state index contributed by atoms with van der Waals surface area (Å²) in [6.07, 6.45) is 6.80. The van der Waals surface area contributed by atoms with Crippen molar-refractivity contribution in [1.29, 1.82) is 0 Å². The molecule has 0 bridgehead atoms. The van der Waals surface area contributed by atoms with E-state index in [1.54, 1.807) is 12.3 Å². The SMILES string of the molecule is CCCCc1cc(=O)[nH]c2c(C=O)cncc12. The van der Waals surface area contributed by atoms with E-state index in [0.29, 0.717) is 11.1 Å². The number of aromatic nitrogens is 2. The van der Waals surface area contributed by atoms with Gasteiger partial charge < -0.3 is 4.98 Å². The van der Waals surface area contributed by atoms with Gasteiger partial charge in [0.2, 0.25) is 5.56 Å². The van der Waals surface area contributed by atoms with Crippen molar-refractivity contribution in [2.24, 2.45) is 0 Å². The van der Waals surface area contributed by atoms with Gasteiger partial charge in [-0.25, -0.2) is 0 Å². The van der Waals surface area contributed by atoms with E-state index in [9.17, 15) is 9.59 Å². The van der Waals surface area contributed by atoms with Crippen LogP contribution in [0.1, 0.15) is 35.7 Å². The van der Waals surface area contributed by atoms with Crippen molar-refractivity contribution in [3.8, 4) is 0 Å². The van der Waals surface area contributed by atoms with Crippen LogP contribution in [0.4, 0.5) is 0 Å². The van der Waals surface area contributed by atoms with E-state index in [-0.39, 0.29) is 5.56 Å². The summed E-state index contributed by atoms with van der Waals surface area (Å²) in [7, 11) is 0. The van der Waals surface area contributed by atoms with Crippen LogP contribution in [0.2, 0.25) is 0 Å². The van der Waals surface area contributed by atoms with Gasteiger partial charge in [-0.3, -0.25) is 14.6 Å². The minimum atomic E-state index is -0.169. The molecule has 2 aromatic rings. The molecule has 2 rings (SSSR count). The molecule has 0 aliphatic heterocycles. The summed E-state index contributed by atoms with van der Waals surface area (Å²) in [4.78, 5) is 29.2. The summed E-state index contributed by atoms with van der Waals surface area (Å²) in [5.41, 5.74) is 1.81. The van der Waals surface area contributed by atoms with Crippen molar-refractivity contribution in [3.63, 3.8) is 0 Å². The highest BCUT2D eigenvalue weighted by molar-refractivity contribution is 5.95. The first-order valence-corrected chi connectivity index (χ1v) is 5.71. The molecule has 0 unspecified atom stereocenters. The number of aldehydes is 1. The molecule has 0 spiro atoms. The Balaban J connectivity index is 2.67. The number of carbonyl (C=O) groups excluding carboxylic acids is 1. The fourth-order valence-electron chi connectivity index (χ4n) is 1.92. The van der Waals surface area contributed by atoms with Crippen LogP contribution >= 0.6 is 0 Å². The van der Waals surface area contributed by atoms with Crippen LogP contribution in [0, 0.1) is 0 Å². The lowest BCUT2D eigenvalue weighted by atomic mass is 10.0. The van der Waals surface area contributed by atoms with E-state index in [2.05, 4.69) is 16.9 Å². The van der Waals surface area contributed by atoms with Crippen LogP contribution in [0.5, 0.6) is 0 Å². The molecule has 0 amide bonds. The molecular formula is C13H14N2O2. The van der Waals surface area contributed by atoms with Gasteiger partial charge in [0.15, 0.2) is 6.29 Å². The molecule has 2 heterocycles. The van der Waals surface area contributed by atoms with E-state index in [0.717, 1.165) is 36.5 Å². The Labute approximate surface area is 98.7 Å². The van der Waals surface area contributed by atoms with E-state index < -0.39 is 0 Å².